The lowest BCUT2D eigenvalue weighted by molar-refractivity contribution is 0.548. The summed E-state index contributed by atoms with van der Waals surface area (Å²) >= 11 is 0. The molecule has 0 aromatic carbocycles. The second kappa shape index (κ2) is 7.88. The van der Waals surface area contributed by atoms with Crippen LogP contribution in [0.2, 0.25) is 0 Å². The van der Waals surface area contributed by atoms with Crippen LogP contribution in [-0.4, -0.2) is 24.6 Å². The molecule has 0 radical (unpaired) electrons. The van der Waals surface area contributed by atoms with Gasteiger partial charge in [-0.2, -0.15) is 0 Å². The van der Waals surface area contributed by atoms with Crippen molar-refractivity contribution in [1.29, 1.82) is 0 Å². The van der Waals surface area contributed by atoms with Gasteiger partial charge in [0.2, 0.25) is 0 Å². The predicted molar refractivity (Wildman–Crippen MR) is 78.9 cm³/mol. The lowest BCUT2D eigenvalue weighted by atomic mass is 10.2. The van der Waals surface area contributed by atoms with Crippen molar-refractivity contribution in [2.24, 2.45) is 5.92 Å². The fraction of sp³-hybridized carbons (Fsp3) is 0.533. The Morgan fingerprint density at radius 3 is 2.83 bits per heavy atom. The first-order chi connectivity index (χ1) is 8.67. The van der Waals surface area contributed by atoms with Crippen LogP contribution < -0.4 is 10.2 Å². The first kappa shape index (κ1) is 14.7. The summed E-state index contributed by atoms with van der Waals surface area (Å²) in [6.45, 7) is 14.0. The molecule has 0 atom stereocenters. The summed E-state index contributed by atoms with van der Waals surface area (Å²) in [7, 11) is 0. The van der Waals surface area contributed by atoms with E-state index in [1.807, 2.05) is 6.08 Å². The van der Waals surface area contributed by atoms with Gasteiger partial charge in [-0.3, -0.25) is 0 Å². The summed E-state index contributed by atoms with van der Waals surface area (Å²) in [6, 6.07) is 6.19. The Balaban J connectivity index is 2.63. The van der Waals surface area contributed by atoms with Gasteiger partial charge in [0.15, 0.2) is 0 Å². The number of hydrogen-bond donors (Lipinski definition) is 1. The highest BCUT2D eigenvalue weighted by molar-refractivity contribution is 5.39. The summed E-state index contributed by atoms with van der Waals surface area (Å²) in [6.07, 6.45) is 1.91. The molecule has 0 fully saturated rings. The van der Waals surface area contributed by atoms with Crippen LogP contribution in [0.5, 0.6) is 0 Å². The number of pyridine rings is 1. The van der Waals surface area contributed by atoms with Gasteiger partial charge < -0.3 is 10.2 Å². The van der Waals surface area contributed by atoms with Crippen molar-refractivity contribution in [2.75, 3.05) is 24.5 Å². The zero-order chi connectivity index (χ0) is 13.4. The molecule has 0 saturated heterocycles. The molecule has 0 amide bonds. The Bertz CT molecular complexity index is 361. The smallest absolute Gasteiger partial charge is 0.129 e. The molecule has 18 heavy (non-hydrogen) atoms. The van der Waals surface area contributed by atoms with Gasteiger partial charge in [-0.25, -0.2) is 4.98 Å². The van der Waals surface area contributed by atoms with Crippen LogP contribution in [0.15, 0.2) is 30.9 Å². The Morgan fingerprint density at radius 1 is 1.44 bits per heavy atom. The van der Waals surface area contributed by atoms with Gasteiger partial charge >= 0.3 is 0 Å². The quantitative estimate of drug-likeness (QED) is 0.716. The Morgan fingerprint density at radius 2 is 2.22 bits per heavy atom. The van der Waals surface area contributed by atoms with Crippen LogP contribution in [0.1, 0.15) is 26.5 Å². The Hall–Kier alpha value is -1.35. The SMILES string of the molecule is C=CCN(CC)c1cccc(CNCC(C)C)n1. The number of rotatable bonds is 8. The van der Waals surface area contributed by atoms with Gasteiger partial charge in [-0.05, 0) is 31.5 Å². The summed E-state index contributed by atoms with van der Waals surface area (Å²) in [5, 5.41) is 3.42. The van der Waals surface area contributed by atoms with Crippen molar-refractivity contribution >= 4 is 5.82 Å². The van der Waals surface area contributed by atoms with E-state index in [-0.39, 0.29) is 0 Å². The first-order valence-electron chi connectivity index (χ1n) is 6.69. The van der Waals surface area contributed by atoms with E-state index in [9.17, 15) is 0 Å². The van der Waals surface area contributed by atoms with E-state index in [0.29, 0.717) is 5.92 Å². The van der Waals surface area contributed by atoms with E-state index < -0.39 is 0 Å². The molecule has 3 nitrogen and oxygen atoms in total. The lowest BCUT2D eigenvalue weighted by Crippen LogP contribution is -2.24. The zero-order valence-electron chi connectivity index (χ0n) is 11.8. The van der Waals surface area contributed by atoms with Crippen molar-refractivity contribution < 1.29 is 0 Å². The van der Waals surface area contributed by atoms with Gasteiger partial charge in [0.25, 0.3) is 0 Å². The van der Waals surface area contributed by atoms with Gasteiger partial charge in [-0.1, -0.05) is 26.0 Å². The molecule has 0 unspecified atom stereocenters. The van der Waals surface area contributed by atoms with E-state index in [4.69, 9.17) is 0 Å². The molecule has 1 rings (SSSR count). The molecule has 3 heteroatoms. The third-order valence-corrected chi connectivity index (χ3v) is 2.71. The maximum absolute atomic E-state index is 4.68. The van der Waals surface area contributed by atoms with Crippen LogP contribution in [0.4, 0.5) is 5.82 Å². The van der Waals surface area contributed by atoms with Crippen LogP contribution in [0.25, 0.3) is 0 Å². The minimum absolute atomic E-state index is 0.668. The zero-order valence-corrected chi connectivity index (χ0v) is 11.8. The molecule has 100 valence electrons. The molecular formula is C15H25N3. The molecule has 1 aromatic heterocycles. The summed E-state index contributed by atoms with van der Waals surface area (Å²) < 4.78 is 0. The van der Waals surface area contributed by atoms with Crippen LogP contribution in [-0.2, 0) is 6.54 Å². The molecule has 0 spiro atoms. The fourth-order valence-electron chi connectivity index (χ4n) is 1.77. The molecular weight excluding hydrogens is 222 g/mol. The van der Waals surface area contributed by atoms with E-state index >= 15 is 0 Å². The summed E-state index contributed by atoms with van der Waals surface area (Å²) in [5.41, 5.74) is 1.09. The van der Waals surface area contributed by atoms with Gasteiger partial charge in [-0.15, -0.1) is 6.58 Å². The molecule has 1 aromatic rings. The first-order valence-corrected chi connectivity index (χ1v) is 6.69. The normalized spacial score (nSPS) is 10.7. The molecule has 0 saturated carbocycles. The number of hydrogen-bond acceptors (Lipinski definition) is 3. The predicted octanol–water partition coefficient (Wildman–Crippen LogP) is 2.84. The monoisotopic (exact) mass is 247 g/mol. The van der Waals surface area contributed by atoms with Crippen LogP contribution in [0.3, 0.4) is 0 Å². The largest absolute Gasteiger partial charge is 0.353 e. The topological polar surface area (TPSA) is 28.2 Å². The van der Waals surface area contributed by atoms with Gasteiger partial charge in [0.1, 0.15) is 5.82 Å². The molecule has 1 N–H and O–H groups in total. The molecule has 0 bridgehead atoms. The third kappa shape index (κ3) is 4.88. The Kier molecular flexibility index (Phi) is 6.44. The molecule has 0 aliphatic heterocycles. The number of anilines is 1. The van der Waals surface area contributed by atoms with Crippen molar-refractivity contribution in [3.63, 3.8) is 0 Å². The standard InChI is InChI=1S/C15H25N3/c1-5-10-18(6-2)15-9-7-8-14(17-15)12-16-11-13(3)4/h5,7-9,13,16H,1,6,10-12H2,2-4H3. The van der Waals surface area contributed by atoms with Crippen LogP contribution >= 0.6 is 0 Å². The van der Waals surface area contributed by atoms with E-state index in [2.05, 4.69) is 60.7 Å². The maximum atomic E-state index is 4.68. The van der Waals surface area contributed by atoms with Gasteiger partial charge in [0.05, 0.1) is 5.69 Å². The average molecular weight is 247 g/mol. The average Bonchev–Trinajstić information content (AvgIpc) is 2.36. The Labute approximate surface area is 111 Å². The van der Waals surface area contributed by atoms with E-state index in [0.717, 1.165) is 37.7 Å². The van der Waals surface area contributed by atoms with E-state index in [1.54, 1.807) is 0 Å². The molecule has 1 heterocycles. The maximum Gasteiger partial charge on any atom is 0.129 e. The molecule has 0 aliphatic rings. The summed E-state index contributed by atoms with van der Waals surface area (Å²) in [4.78, 5) is 6.88. The second-order valence-electron chi connectivity index (χ2n) is 4.84. The summed E-state index contributed by atoms with van der Waals surface area (Å²) in [5.74, 6) is 1.70. The number of nitrogens with one attached hydrogen (secondary N) is 1. The number of likely N-dealkylation sites (N-methyl/N-ethyl adjacent to an activating group) is 1. The van der Waals surface area contributed by atoms with Crippen LogP contribution in [0, 0.1) is 5.92 Å². The van der Waals surface area contributed by atoms with Crippen molar-refractivity contribution in [3.8, 4) is 0 Å². The lowest BCUT2D eigenvalue weighted by Gasteiger charge is -2.20. The van der Waals surface area contributed by atoms with Crippen molar-refractivity contribution in [1.82, 2.24) is 10.3 Å². The second-order valence-corrected chi connectivity index (χ2v) is 4.84. The highest BCUT2D eigenvalue weighted by Gasteiger charge is 2.04. The minimum Gasteiger partial charge on any atom is -0.353 e. The number of nitrogens with zero attached hydrogens (tertiary/aromatic N) is 2. The fourth-order valence-corrected chi connectivity index (χ4v) is 1.77. The van der Waals surface area contributed by atoms with Gasteiger partial charge in [0, 0.05) is 19.6 Å². The van der Waals surface area contributed by atoms with Crippen molar-refractivity contribution in [2.45, 2.75) is 27.3 Å². The van der Waals surface area contributed by atoms with Crippen molar-refractivity contribution in [3.05, 3.63) is 36.5 Å². The highest BCUT2D eigenvalue weighted by Crippen LogP contribution is 2.11. The highest BCUT2D eigenvalue weighted by atomic mass is 15.2. The van der Waals surface area contributed by atoms with E-state index in [1.165, 1.54) is 0 Å². The molecule has 0 aliphatic carbocycles. The third-order valence-electron chi connectivity index (χ3n) is 2.71. The number of aromatic nitrogens is 1. The minimum atomic E-state index is 0.668.